The highest BCUT2D eigenvalue weighted by atomic mass is 15.2. The SMILES string of the molecule is CC(C)C1CC(CCCC(C)C2CC(C(C)C)N(C)C(C(C)C)C2)CC(C(C)C)N1C. The topological polar surface area (TPSA) is 6.48 Å². The Hall–Kier alpha value is -0.0800. The van der Waals surface area contributed by atoms with Crippen molar-refractivity contribution >= 4 is 0 Å². The molecule has 0 N–H and O–H groups in total. The fourth-order valence-electron chi connectivity index (χ4n) is 7.29. The van der Waals surface area contributed by atoms with Gasteiger partial charge in [-0.2, -0.15) is 0 Å². The second-order valence-corrected chi connectivity index (χ2v) is 13.1. The van der Waals surface area contributed by atoms with Crippen molar-refractivity contribution in [2.45, 2.75) is 131 Å². The van der Waals surface area contributed by atoms with Crippen LogP contribution in [0.1, 0.15) is 107 Å². The first-order chi connectivity index (χ1) is 14.4. The summed E-state index contributed by atoms with van der Waals surface area (Å²) in [5.41, 5.74) is 0. The van der Waals surface area contributed by atoms with Gasteiger partial charge in [-0.3, -0.25) is 9.80 Å². The molecule has 0 bridgehead atoms. The predicted molar refractivity (Wildman–Crippen MR) is 138 cm³/mol. The zero-order chi connectivity index (χ0) is 23.5. The highest BCUT2D eigenvalue weighted by Crippen LogP contribution is 2.40. The van der Waals surface area contributed by atoms with Crippen LogP contribution in [-0.4, -0.2) is 48.1 Å². The molecule has 2 heteroatoms. The largest absolute Gasteiger partial charge is 0.300 e. The van der Waals surface area contributed by atoms with Crippen LogP contribution < -0.4 is 0 Å². The van der Waals surface area contributed by atoms with Gasteiger partial charge in [-0.05, 0) is 81.2 Å². The normalized spacial score (nSPS) is 34.9. The highest BCUT2D eigenvalue weighted by Gasteiger charge is 2.38. The fraction of sp³-hybridized carbons (Fsp3) is 1.00. The van der Waals surface area contributed by atoms with Crippen molar-refractivity contribution in [3.63, 3.8) is 0 Å². The summed E-state index contributed by atoms with van der Waals surface area (Å²) in [4.78, 5) is 5.46. The lowest BCUT2D eigenvalue weighted by Gasteiger charge is -2.48. The zero-order valence-corrected chi connectivity index (χ0v) is 23.2. The third kappa shape index (κ3) is 6.95. The summed E-state index contributed by atoms with van der Waals surface area (Å²) < 4.78 is 0. The summed E-state index contributed by atoms with van der Waals surface area (Å²) >= 11 is 0. The molecule has 2 rings (SSSR count). The van der Waals surface area contributed by atoms with Crippen LogP contribution in [0.25, 0.3) is 0 Å². The molecule has 184 valence electrons. The Morgan fingerprint density at radius 3 is 1.29 bits per heavy atom. The van der Waals surface area contributed by atoms with E-state index in [1.807, 2.05) is 0 Å². The molecule has 2 heterocycles. The maximum absolute atomic E-state index is 2.73. The molecule has 0 aromatic carbocycles. The molecule has 0 saturated carbocycles. The average molecular weight is 435 g/mol. The van der Waals surface area contributed by atoms with Gasteiger partial charge in [0.25, 0.3) is 0 Å². The van der Waals surface area contributed by atoms with E-state index in [2.05, 4.69) is 86.2 Å². The van der Waals surface area contributed by atoms with Gasteiger partial charge in [0.2, 0.25) is 0 Å². The first-order valence-electron chi connectivity index (χ1n) is 13.9. The molecule has 0 radical (unpaired) electrons. The van der Waals surface area contributed by atoms with Crippen LogP contribution in [0, 0.1) is 41.4 Å². The van der Waals surface area contributed by atoms with E-state index < -0.39 is 0 Å². The van der Waals surface area contributed by atoms with Gasteiger partial charge in [0.15, 0.2) is 0 Å². The molecule has 2 nitrogen and oxygen atoms in total. The van der Waals surface area contributed by atoms with E-state index in [1.165, 1.54) is 44.9 Å². The van der Waals surface area contributed by atoms with Crippen molar-refractivity contribution in [1.29, 1.82) is 0 Å². The molecule has 0 spiro atoms. The zero-order valence-electron chi connectivity index (χ0n) is 23.2. The molecule has 0 aromatic heterocycles. The summed E-state index contributed by atoms with van der Waals surface area (Å²) in [6, 6.07) is 3.08. The van der Waals surface area contributed by atoms with E-state index >= 15 is 0 Å². The monoisotopic (exact) mass is 434 g/mol. The highest BCUT2D eigenvalue weighted by molar-refractivity contribution is 4.92. The summed E-state index contributed by atoms with van der Waals surface area (Å²) in [5.74, 6) is 5.81. The number of likely N-dealkylation sites (tertiary alicyclic amines) is 2. The first-order valence-corrected chi connectivity index (χ1v) is 13.9. The Labute approximate surface area is 196 Å². The predicted octanol–water partition coefficient (Wildman–Crippen LogP) is 7.57. The molecular weight excluding hydrogens is 376 g/mol. The van der Waals surface area contributed by atoms with Crippen LogP contribution in [0.5, 0.6) is 0 Å². The Kier molecular flexibility index (Phi) is 10.4. The van der Waals surface area contributed by atoms with Crippen molar-refractivity contribution in [2.24, 2.45) is 41.4 Å². The van der Waals surface area contributed by atoms with Crippen molar-refractivity contribution in [1.82, 2.24) is 9.80 Å². The minimum atomic E-state index is 0.765. The number of hydrogen-bond donors (Lipinski definition) is 0. The van der Waals surface area contributed by atoms with Crippen LogP contribution in [0.3, 0.4) is 0 Å². The van der Waals surface area contributed by atoms with Gasteiger partial charge in [0.1, 0.15) is 0 Å². The molecule has 2 fully saturated rings. The van der Waals surface area contributed by atoms with Crippen LogP contribution in [0.15, 0.2) is 0 Å². The lowest BCUT2D eigenvalue weighted by atomic mass is 9.72. The Bertz CT molecular complexity index is 475. The van der Waals surface area contributed by atoms with E-state index in [9.17, 15) is 0 Å². The molecule has 31 heavy (non-hydrogen) atoms. The minimum absolute atomic E-state index is 0.765. The van der Waals surface area contributed by atoms with Gasteiger partial charge in [-0.25, -0.2) is 0 Å². The molecule has 2 saturated heterocycles. The van der Waals surface area contributed by atoms with Crippen molar-refractivity contribution in [3.05, 3.63) is 0 Å². The second kappa shape index (κ2) is 11.9. The number of piperidine rings is 2. The van der Waals surface area contributed by atoms with Gasteiger partial charge < -0.3 is 0 Å². The molecule has 0 amide bonds. The van der Waals surface area contributed by atoms with Crippen LogP contribution in [0.2, 0.25) is 0 Å². The van der Waals surface area contributed by atoms with Crippen molar-refractivity contribution < 1.29 is 0 Å². The number of rotatable bonds is 9. The molecule has 0 aromatic rings. The Morgan fingerprint density at radius 1 is 0.581 bits per heavy atom. The molecular formula is C29H58N2. The van der Waals surface area contributed by atoms with E-state index in [0.29, 0.717) is 0 Å². The maximum Gasteiger partial charge on any atom is 0.0121 e. The lowest BCUT2D eigenvalue weighted by molar-refractivity contribution is 0.0103. The lowest BCUT2D eigenvalue weighted by Crippen LogP contribution is -2.52. The number of hydrogen-bond acceptors (Lipinski definition) is 2. The van der Waals surface area contributed by atoms with Gasteiger partial charge in [0.05, 0.1) is 0 Å². The summed E-state index contributed by atoms with van der Waals surface area (Å²) in [5, 5.41) is 0. The summed E-state index contributed by atoms with van der Waals surface area (Å²) in [7, 11) is 4.79. The van der Waals surface area contributed by atoms with Gasteiger partial charge in [-0.1, -0.05) is 81.6 Å². The third-order valence-electron chi connectivity index (χ3n) is 9.49. The molecule has 2 aliphatic heterocycles. The maximum atomic E-state index is 2.73. The molecule has 5 atom stereocenters. The van der Waals surface area contributed by atoms with E-state index in [4.69, 9.17) is 0 Å². The number of nitrogens with zero attached hydrogens (tertiary/aromatic N) is 2. The smallest absolute Gasteiger partial charge is 0.0121 e. The third-order valence-corrected chi connectivity index (χ3v) is 9.49. The van der Waals surface area contributed by atoms with Crippen LogP contribution >= 0.6 is 0 Å². The molecule has 2 aliphatic rings. The fourth-order valence-corrected chi connectivity index (χ4v) is 7.29. The van der Waals surface area contributed by atoms with Gasteiger partial charge >= 0.3 is 0 Å². The van der Waals surface area contributed by atoms with E-state index in [-0.39, 0.29) is 0 Å². The summed E-state index contributed by atoms with van der Waals surface area (Å²) in [6.45, 7) is 22.0. The Balaban J connectivity index is 1.92. The van der Waals surface area contributed by atoms with Crippen LogP contribution in [-0.2, 0) is 0 Å². The minimum Gasteiger partial charge on any atom is -0.300 e. The van der Waals surface area contributed by atoms with Gasteiger partial charge in [0, 0.05) is 24.2 Å². The van der Waals surface area contributed by atoms with E-state index in [0.717, 1.165) is 65.6 Å². The molecule has 5 unspecified atom stereocenters. The molecule has 0 aliphatic carbocycles. The Morgan fingerprint density at radius 2 is 0.935 bits per heavy atom. The second-order valence-electron chi connectivity index (χ2n) is 13.1. The van der Waals surface area contributed by atoms with Crippen LogP contribution in [0.4, 0.5) is 0 Å². The summed E-state index contributed by atoms with van der Waals surface area (Å²) in [6.07, 6.45) is 10.0. The van der Waals surface area contributed by atoms with Crippen molar-refractivity contribution in [2.75, 3.05) is 14.1 Å². The standard InChI is InChI=1S/C29H58N2/c1-19(2)26-15-24(16-27(20(3)4)30(26)10)14-12-13-23(9)25-17-28(21(5)6)31(11)29(18-25)22(7)8/h19-29H,12-18H2,1-11H3. The quantitative estimate of drug-likeness (QED) is 0.369. The first kappa shape index (κ1) is 27.2. The van der Waals surface area contributed by atoms with E-state index in [1.54, 1.807) is 0 Å². The van der Waals surface area contributed by atoms with Gasteiger partial charge in [-0.15, -0.1) is 0 Å². The van der Waals surface area contributed by atoms with Crippen molar-refractivity contribution in [3.8, 4) is 0 Å². The average Bonchev–Trinajstić information content (AvgIpc) is 2.67.